The zero-order valence-corrected chi connectivity index (χ0v) is 14.0. The number of allylic oxidation sites excluding steroid dienone is 1. The van der Waals surface area contributed by atoms with Crippen LogP contribution in [0.15, 0.2) is 29.3 Å². The Kier molecular flexibility index (Phi) is 3.95. The Labute approximate surface area is 144 Å². The third kappa shape index (κ3) is 2.53. The molecular weight excluding hydrogens is 324 g/mol. The van der Waals surface area contributed by atoms with Crippen LogP contribution >= 0.6 is 0 Å². The maximum absolute atomic E-state index is 13.0. The van der Waals surface area contributed by atoms with Crippen molar-refractivity contribution in [2.24, 2.45) is 5.92 Å². The fraction of sp³-hybridized carbons (Fsp3) is 0.368. The molecular formula is C19H18O6. The first-order chi connectivity index (χ1) is 11.7. The Morgan fingerprint density at radius 1 is 1.20 bits per heavy atom. The van der Waals surface area contributed by atoms with Crippen LogP contribution in [0.1, 0.15) is 53.8 Å². The van der Waals surface area contributed by atoms with Gasteiger partial charge in [0.1, 0.15) is 17.3 Å². The number of carbonyl (C=O) groups is 4. The van der Waals surface area contributed by atoms with E-state index in [4.69, 9.17) is 0 Å². The van der Waals surface area contributed by atoms with Crippen molar-refractivity contribution < 1.29 is 29.4 Å². The molecule has 6 heteroatoms. The van der Waals surface area contributed by atoms with Crippen LogP contribution in [0.2, 0.25) is 0 Å². The number of aromatic hydroxyl groups is 1. The fourth-order valence-electron chi connectivity index (χ4n) is 4.03. The number of ketones is 4. The molecule has 0 aliphatic heterocycles. The molecule has 0 saturated heterocycles. The molecule has 0 spiro atoms. The Morgan fingerprint density at radius 3 is 2.48 bits per heavy atom. The highest BCUT2D eigenvalue weighted by molar-refractivity contribution is 6.29. The number of phenolic OH excluding ortho intramolecular Hbond substituents is 1. The van der Waals surface area contributed by atoms with Crippen LogP contribution in [0.4, 0.5) is 0 Å². The molecule has 0 aromatic heterocycles. The first kappa shape index (κ1) is 17.2. The summed E-state index contributed by atoms with van der Waals surface area (Å²) in [4.78, 5) is 49.6. The van der Waals surface area contributed by atoms with Gasteiger partial charge in [0, 0.05) is 23.1 Å². The van der Waals surface area contributed by atoms with Gasteiger partial charge in [0.25, 0.3) is 0 Å². The number of carbonyl (C=O) groups excluding carboxylic acids is 4. The third-order valence-electron chi connectivity index (χ3n) is 4.95. The summed E-state index contributed by atoms with van der Waals surface area (Å²) in [5, 5.41) is 20.9. The van der Waals surface area contributed by atoms with E-state index in [1.54, 1.807) is 0 Å². The summed E-state index contributed by atoms with van der Waals surface area (Å²) < 4.78 is 0. The molecule has 6 nitrogen and oxygen atoms in total. The van der Waals surface area contributed by atoms with Crippen molar-refractivity contribution in [2.75, 3.05) is 0 Å². The molecule has 1 aromatic rings. The zero-order chi connectivity index (χ0) is 18.5. The van der Waals surface area contributed by atoms with Crippen LogP contribution in [0.5, 0.6) is 5.75 Å². The SMILES string of the molecule is CC(=O)C[C@@]1(O)CCC2=C(C(=O)c3cccc(O)c3C2=O)[C@H]1C(C)=O. The predicted molar refractivity (Wildman–Crippen MR) is 87.4 cm³/mol. The van der Waals surface area contributed by atoms with Gasteiger partial charge in [0.05, 0.1) is 17.1 Å². The lowest BCUT2D eigenvalue weighted by atomic mass is 9.63. The van der Waals surface area contributed by atoms with Gasteiger partial charge in [-0.3, -0.25) is 19.2 Å². The van der Waals surface area contributed by atoms with Crippen molar-refractivity contribution in [1.82, 2.24) is 0 Å². The number of benzene rings is 1. The van der Waals surface area contributed by atoms with E-state index in [1.807, 2.05) is 0 Å². The number of hydrogen-bond acceptors (Lipinski definition) is 6. The van der Waals surface area contributed by atoms with Crippen molar-refractivity contribution in [1.29, 1.82) is 0 Å². The highest BCUT2D eigenvalue weighted by Crippen LogP contribution is 2.46. The molecule has 2 N–H and O–H groups in total. The summed E-state index contributed by atoms with van der Waals surface area (Å²) in [6.07, 6.45) is -0.165. The molecule has 0 fully saturated rings. The van der Waals surface area contributed by atoms with E-state index in [-0.39, 0.29) is 53.1 Å². The molecule has 0 bridgehead atoms. The summed E-state index contributed by atoms with van der Waals surface area (Å²) in [6.45, 7) is 2.54. The molecule has 1 aromatic carbocycles. The molecule has 0 amide bonds. The molecule has 130 valence electrons. The number of rotatable bonds is 3. The molecule has 0 heterocycles. The topological polar surface area (TPSA) is 109 Å². The molecule has 3 rings (SSSR count). The van der Waals surface area contributed by atoms with Crippen molar-refractivity contribution in [2.45, 2.75) is 38.7 Å². The Hall–Kier alpha value is -2.60. The van der Waals surface area contributed by atoms with Crippen LogP contribution in [0.3, 0.4) is 0 Å². The van der Waals surface area contributed by atoms with Gasteiger partial charge in [0.15, 0.2) is 11.6 Å². The lowest BCUT2D eigenvalue weighted by Crippen LogP contribution is -2.50. The lowest BCUT2D eigenvalue weighted by molar-refractivity contribution is -0.134. The first-order valence-corrected chi connectivity index (χ1v) is 8.04. The lowest BCUT2D eigenvalue weighted by Gasteiger charge is -2.41. The Morgan fingerprint density at radius 2 is 1.88 bits per heavy atom. The fourth-order valence-corrected chi connectivity index (χ4v) is 4.03. The third-order valence-corrected chi connectivity index (χ3v) is 4.95. The van der Waals surface area contributed by atoms with Crippen LogP contribution in [0, 0.1) is 5.92 Å². The van der Waals surface area contributed by atoms with Crippen molar-refractivity contribution >= 4 is 23.1 Å². The highest BCUT2D eigenvalue weighted by Gasteiger charge is 2.51. The minimum atomic E-state index is -1.68. The summed E-state index contributed by atoms with van der Waals surface area (Å²) in [5.74, 6) is -3.34. The van der Waals surface area contributed by atoms with Gasteiger partial charge >= 0.3 is 0 Å². The number of aliphatic hydroxyl groups is 1. The largest absolute Gasteiger partial charge is 0.507 e. The van der Waals surface area contributed by atoms with E-state index in [9.17, 15) is 29.4 Å². The Bertz CT molecular complexity index is 863. The maximum atomic E-state index is 13.0. The van der Waals surface area contributed by atoms with Gasteiger partial charge in [-0.25, -0.2) is 0 Å². The van der Waals surface area contributed by atoms with Crippen LogP contribution < -0.4 is 0 Å². The molecule has 0 saturated carbocycles. The van der Waals surface area contributed by atoms with Crippen molar-refractivity contribution in [3.63, 3.8) is 0 Å². The van der Waals surface area contributed by atoms with E-state index >= 15 is 0 Å². The predicted octanol–water partition coefficient (Wildman–Crippen LogP) is 1.78. The summed E-state index contributed by atoms with van der Waals surface area (Å²) in [7, 11) is 0. The minimum absolute atomic E-state index is 0.0158. The second kappa shape index (κ2) is 5.74. The van der Waals surface area contributed by atoms with Gasteiger partial charge in [-0.1, -0.05) is 12.1 Å². The van der Waals surface area contributed by atoms with Gasteiger partial charge < -0.3 is 10.2 Å². The second-order valence-corrected chi connectivity index (χ2v) is 6.78. The van der Waals surface area contributed by atoms with Crippen molar-refractivity contribution in [3.8, 4) is 5.75 Å². The summed E-state index contributed by atoms with van der Waals surface area (Å²) in [5.41, 5.74) is -1.62. The average Bonchev–Trinajstić information content (AvgIpc) is 2.50. The van der Waals surface area contributed by atoms with Gasteiger partial charge in [-0.05, 0) is 32.8 Å². The van der Waals surface area contributed by atoms with Gasteiger partial charge in [-0.2, -0.15) is 0 Å². The standard InChI is InChI=1S/C19H18O6/c1-9(20)8-19(25)7-6-12-15(16(19)10(2)21)18(24)11-4-3-5-13(22)14(11)17(12)23/h3-5,16,22,25H,6-8H2,1-2H3/t16-,19+/m1/s1. The van der Waals surface area contributed by atoms with Crippen LogP contribution in [-0.2, 0) is 9.59 Å². The number of hydrogen-bond donors (Lipinski definition) is 2. The highest BCUT2D eigenvalue weighted by atomic mass is 16.3. The quantitative estimate of drug-likeness (QED) is 0.867. The molecule has 2 atom stereocenters. The first-order valence-electron chi connectivity index (χ1n) is 8.04. The molecule has 2 aliphatic rings. The monoisotopic (exact) mass is 342 g/mol. The molecule has 0 unspecified atom stereocenters. The zero-order valence-electron chi connectivity index (χ0n) is 14.0. The number of Topliss-reactive ketones (excluding diaryl/α,β-unsaturated/α-hetero) is 4. The normalized spacial score (nSPS) is 25.5. The number of phenols is 1. The van der Waals surface area contributed by atoms with E-state index < -0.39 is 28.9 Å². The number of fused-ring (bicyclic) bond motifs is 1. The molecule has 2 aliphatic carbocycles. The van der Waals surface area contributed by atoms with E-state index in [1.165, 1.54) is 32.0 Å². The average molecular weight is 342 g/mol. The minimum Gasteiger partial charge on any atom is -0.507 e. The van der Waals surface area contributed by atoms with Gasteiger partial charge in [-0.15, -0.1) is 0 Å². The van der Waals surface area contributed by atoms with E-state index in [0.29, 0.717) is 0 Å². The smallest absolute Gasteiger partial charge is 0.193 e. The molecule has 25 heavy (non-hydrogen) atoms. The Balaban J connectivity index is 2.22. The molecule has 0 radical (unpaired) electrons. The van der Waals surface area contributed by atoms with E-state index in [0.717, 1.165) is 0 Å². The van der Waals surface area contributed by atoms with E-state index in [2.05, 4.69) is 0 Å². The second-order valence-electron chi connectivity index (χ2n) is 6.78. The maximum Gasteiger partial charge on any atom is 0.193 e. The van der Waals surface area contributed by atoms with Crippen molar-refractivity contribution in [3.05, 3.63) is 40.5 Å². The van der Waals surface area contributed by atoms with Crippen LogP contribution in [0.25, 0.3) is 0 Å². The van der Waals surface area contributed by atoms with Crippen LogP contribution in [-0.4, -0.2) is 38.9 Å². The summed E-state index contributed by atoms with van der Waals surface area (Å²) >= 11 is 0. The van der Waals surface area contributed by atoms with Gasteiger partial charge in [0.2, 0.25) is 0 Å². The summed E-state index contributed by atoms with van der Waals surface area (Å²) in [6, 6.07) is 4.18.